The number of hydrogen-bond acceptors (Lipinski definition) is 2. The molecular formula is C4H9NO. The van der Waals surface area contributed by atoms with Crippen LogP contribution >= 0.6 is 0 Å². The van der Waals surface area contributed by atoms with Crippen LogP contribution in [0.2, 0.25) is 0 Å². The second kappa shape index (κ2) is 0.950. The molecule has 0 bridgehead atoms. The fourth-order valence-electron chi connectivity index (χ4n) is 0.368. The van der Waals surface area contributed by atoms with Crippen molar-refractivity contribution in [1.82, 2.24) is 5.32 Å². The molecule has 0 aromatic heterocycles. The van der Waals surface area contributed by atoms with E-state index in [2.05, 4.69) is 5.32 Å². The summed E-state index contributed by atoms with van der Waals surface area (Å²) in [6.45, 7) is 0. The summed E-state index contributed by atoms with van der Waals surface area (Å²) in [5, 5.41) is 11.6. The molecule has 0 aromatic carbocycles. The van der Waals surface area contributed by atoms with E-state index in [1.165, 1.54) is 0 Å². The Morgan fingerprint density at radius 3 is 2.17 bits per heavy atom. The van der Waals surface area contributed by atoms with Gasteiger partial charge in [0.15, 0.2) is 0 Å². The number of aliphatic hydroxyl groups is 1. The highest BCUT2D eigenvalue weighted by molar-refractivity contribution is 4.88. The normalized spacial score (nSPS) is 27.0. The smallest absolute Gasteiger partial charge is 0.116 e. The molecule has 6 heavy (non-hydrogen) atoms. The average molecular weight is 87.1 g/mol. The monoisotopic (exact) mass is 87.1 g/mol. The second-order valence-electron chi connectivity index (χ2n) is 1.78. The standard InChI is InChI=1S/C4H9NO/c1-5-4(6)2-3-4/h5-6H,2-3H2,1H3. The number of nitrogens with one attached hydrogen (secondary N) is 1. The van der Waals surface area contributed by atoms with Gasteiger partial charge in [-0.3, -0.25) is 5.32 Å². The van der Waals surface area contributed by atoms with Crippen molar-refractivity contribution in [3.63, 3.8) is 0 Å². The molecule has 1 rings (SSSR count). The van der Waals surface area contributed by atoms with Gasteiger partial charge in [0.05, 0.1) is 0 Å². The lowest BCUT2D eigenvalue weighted by atomic mass is 10.6. The summed E-state index contributed by atoms with van der Waals surface area (Å²) in [7, 11) is 1.77. The Hall–Kier alpha value is -0.0800. The van der Waals surface area contributed by atoms with E-state index < -0.39 is 5.72 Å². The zero-order chi connectivity index (χ0) is 4.62. The van der Waals surface area contributed by atoms with Crippen molar-refractivity contribution in [3.8, 4) is 0 Å². The lowest BCUT2D eigenvalue weighted by Crippen LogP contribution is -2.25. The largest absolute Gasteiger partial charge is 0.376 e. The SMILES string of the molecule is CNC1(O)CC1. The van der Waals surface area contributed by atoms with Gasteiger partial charge in [-0.25, -0.2) is 0 Å². The van der Waals surface area contributed by atoms with Gasteiger partial charge >= 0.3 is 0 Å². The topological polar surface area (TPSA) is 32.3 Å². The molecule has 0 saturated heterocycles. The molecular weight excluding hydrogens is 78.0 g/mol. The van der Waals surface area contributed by atoms with Crippen molar-refractivity contribution >= 4 is 0 Å². The van der Waals surface area contributed by atoms with Gasteiger partial charge in [0.25, 0.3) is 0 Å². The molecule has 1 aliphatic carbocycles. The zero-order valence-electron chi connectivity index (χ0n) is 3.86. The van der Waals surface area contributed by atoms with Crippen LogP contribution in [0.15, 0.2) is 0 Å². The summed E-state index contributed by atoms with van der Waals surface area (Å²) in [6, 6.07) is 0. The highest BCUT2D eigenvalue weighted by Crippen LogP contribution is 2.30. The van der Waals surface area contributed by atoms with Crippen LogP contribution in [0.5, 0.6) is 0 Å². The van der Waals surface area contributed by atoms with Crippen LogP contribution in [0, 0.1) is 0 Å². The van der Waals surface area contributed by atoms with Crippen LogP contribution in [0.1, 0.15) is 12.8 Å². The quantitative estimate of drug-likeness (QED) is 0.430. The zero-order valence-corrected chi connectivity index (χ0v) is 3.86. The van der Waals surface area contributed by atoms with Crippen LogP contribution in [-0.2, 0) is 0 Å². The van der Waals surface area contributed by atoms with E-state index in [9.17, 15) is 0 Å². The minimum Gasteiger partial charge on any atom is -0.376 e. The molecule has 1 aliphatic rings. The van der Waals surface area contributed by atoms with E-state index in [1.54, 1.807) is 7.05 Å². The summed E-state index contributed by atoms with van der Waals surface area (Å²) in [5.41, 5.74) is -0.458. The van der Waals surface area contributed by atoms with Gasteiger partial charge in [-0.2, -0.15) is 0 Å². The Labute approximate surface area is 37.2 Å². The molecule has 2 N–H and O–H groups in total. The van der Waals surface area contributed by atoms with Crippen molar-refractivity contribution in [3.05, 3.63) is 0 Å². The van der Waals surface area contributed by atoms with Crippen molar-refractivity contribution in [2.45, 2.75) is 18.6 Å². The van der Waals surface area contributed by atoms with Crippen LogP contribution in [-0.4, -0.2) is 17.9 Å². The highest BCUT2D eigenvalue weighted by Gasteiger charge is 2.38. The van der Waals surface area contributed by atoms with Crippen molar-refractivity contribution in [2.75, 3.05) is 7.05 Å². The van der Waals surface area contributed by atoms with Gasteiger partial charge < -0.3 is 5.11 Å². The van der Waals surface area contributed by atoms with Crippen LogP contribution in [0.4, 0.5) is 0 Å². The van der Waals surface area contributed by atoms with E-state index in [0.717, 1.165) is 12.8 Å². The lowest BCUT2D eigenvalue weighted by molar-refractivity contribution is 0.121. The first-order chi connectivity index (χ1) is 2.77. The molecule has 0 unspecified atom stereocenters. The van der Waals surface area contributed by atoms with Gasteiger partial charge in [0.2, 0.25) is 0 Å². The molecule has 1 saturated carbocycles. The molecule has 2 nitrogen and oxygen atoms in total. The Balaban J connectivity index is 2.28. The first-order valence-corrected chi connectivity index (χ1v) is 2.18. The molecule has 0 aromatic rings. The highest BCUT2D eigenvalue weighted by atomic mass is 16.3. The minimum atomic E-state index is -0.458. The molecule has 0 amide bonds. The summed E-state index contributed by atoms with van der Waals surface area (Å²) in [6.07, 6.45) is 1.84. The predicted octanol–water partition coefficient (Wildman–Crippen LogP) is -0.312. The summed E-state index contributed by atoms with van der Waals surface area (Å²) >= 11 is 0. The first kappa shape index (κ1) is 4.09. The van der Waals surface area contributed by atoms with Crippen LogP contribution < -0.4 is 5.32 Å². The predicted molar refractivity (Wildman–Crippen MR) is 23.2 cm³/mol. The van der Waals surface area contributed by atoms with Gasteiger partial charge in [0.1, 0.15) is 5.72 Å². The van der Waals surface area contributed by atoms with Gasteiger partial charge in [-0.05, 0) is 19.9 Å². The van der Waals surface area contributed by atoms with Crippen LogP contribution in [0.3, 0.4) is 0 Å². The molecule has 1 fully saturated rings. The molecule has 0 atom stereocenters. The van der Waals surface area contributed by atoms with E-state index in [1.807, 2.05) is 0 Å². The van der Waals surface area contributed by atoms with Gasteiger partial charge in [-0.15, -0.1) is 0 Å². The molecule has 0 spiro atoms. The molecule has 0 aliphatic heterocycles. The minimum absolute atomic E-state index is 0.458. The van der Waals surface area contributed by atoms with Crippen molar-refractivity contribution in [1.29, 1.82) is 0 Å². The fourth-order valence-corrected chi connectivity index (χ4v) is 0.368. The Kier molecular flexibility index (Phi) is 0.648. The van der Waals surface area contributed by atoms with Crippen molar-refractivity contribution < 1.29 is 5.11 Å². The Morgan fingerprint density at radius 1 is 1.67 bits per heavy atom. The first-order valence-electron chi connectivity index (χ1n) is 2.18. The van der Waals surface area contributed by atoms with Gasteiger partial charge in [-0.1, -0.05) is 0 Å². The summed E-state index contributed by atoms with van der Waals surface area (Å²) in [5.74, 6) is 0. The maximum absolute atomic E-state index is 8.83. The Morgan fingerprint density at radius 2 is 2.17 bits per heavy atom. The maximum atomic E-state index is 8.83. The third kappa shape index (κ3) is 0.533. The van der Waals surface area contributed by atoms with E-state index in [0.29, 0.717) is 0 Å². The van der Waals surface area contributed by atoms with Crippen LogP contribution in [0.25, 0.3) is 0 Å². The number of rotatable bonds is 1. The molecule has 0 heterocycles. The average Bonchev–Trinajstić information content (AvgIpc) is 2.22. The third-order valence-corrected chi connectivity index (χ3v) is 1.19. The molecule has 2 heteroatoms. The van der Waals surface area contributed by atoms with Gasteiger partial charge in [0, 0.05) is 0 Å². The van der Waals surface area contributed by atoms with E-state index in [-0.39, 0.29) is 0 Å². The van der Waals surface area contributed by atoms with Crippen molar-refractivity contribution in [2.24, 2.45) is 0 Å². The molecule has 0 radical (unpaired) electrons. The fraction of sp³-hybridized carbons (Fsp3) is 1.00. The summed E-state index contributed by atoms with van der Waals surface area (Å²) < 4.78 is 0. The van der Waals surface area contributed by atoms with E-state index >= 15 is 0 Å². The molecule has 36 valence electrons. The summed E-state index contributed by atoms with van der Waals surface area (Å²) in [4.78, 5) is 0. The third-order valence-electron chi connectivity index (χ3n) is 1.19. The maximum Gasteiger partial charge on any atom is 0.116 e. The Bertz CT molecular complexity index is 58.6. The van der Waals surface area contributed by atoms with E-state index in [4.69, 9.17) is 5.11 Å². The number of hydrogen-bond donors (Lipinski definition) is 2. The lowest BCUT2D eigenvalue weighted by Gasteiger charge is -2.00. The second-order valence-corrected chi connectivity index (χ2v) is 1.78.